The standard InChI is InChI=1S/C17H15F3N4O4S2/c18-11-3-4-13(15(20)14(11)19)30(26,27)23-7-5-22(6-8-23)10-24-17(25)28-16(21-24)12-2-1-9-29-12/h1-4,9H,5-8,10H2. The first-order valence-electron chi connectivity index (χ1n) is 8.75. The Kier molecular flexibility index (Phi) is 5.53. The van der Waals surface area contributed by atoms with E-state index in [2.05, 4.69) is 5.10 Å². The van der Waals surface area contributed by atoms with Crippen molar-refractivity contribution in [3.05, 3.63) is 57.6 Å². The number of thiophene rings is 1. The molecule has 30 heavy (non-hydrogen) atoms. The van der Waals surface area contributed by atoms with Crippen LogP contribution < -0.4 is 5.76 Å². The Morgan fingerprint density at radius 3 is 2.47 bits per heavy atom. The van der Waals surface area contributed by atoms with Gasteiger partial charge in [-0.2, -0.15) is 8.99 Å². The number of hydrogen-bond acceptors (Lipinski definition) is 7. The highest BCUT2D eigenvalue weighted by Gasteiger charge is 2.32. The summed E-state index contributed by atoms with van der Waals surface area (Å²) in [7, 11) is -4.34. The third-order valence-corrected chi connectivity index (χ3v) is 7.39. The first-order valence-corrected chi connectivity index (χ1v) is 11.1. The zero-order chi connectivity index (χ0) is 21.5. The van der Waals surface area contributed by atoms with Gasteiger partial charge in [0.1, 0.15) is 11.6 Å². The van der Waals surface area contributed by atoms with Crippen LogP contribution in [0.15, 0.2) is 43.8 Å². The van der Waals surface area contributed by atoms with Crippen molar-refractivity contribution < 1.29 is 26.0 Å². The summed E-state index contributed by atoms with van der Waals surface area (Å²) in [5, 5.41) is 5.96. The Hall–Kier alpha value is -2.48. The number of aromatic nitrogens is 2. The highest BCUT2D eigenvalue weighted by molar-refractivity contribution is 7.89. The quantitative estimate of drug-likeness (QED) is 0.541. The molecule has 3 heterocycles. The van der Waals surface area contributed by atoms with Crippen LogP contribution in [0.5, 0.6) is 0 Å². The number of rotatable bonds is 5. The number of halogens is 3. The van der Waals surface area contributed by atoms with Crippen LogP contribution in [0.3, 0.4) is 0 Å². The summed E-state index contributed by atoms with van der Waals surface area (Å²) in [5.41, 5.74) is 0. The molecular formula is C17H15F3N4O4S2. The molecule has 8 nitrogen and oxygen atoms in total. The van der Waals surface area contributed by atoms with Gasteiger partial charge in [0, 0.05) is 26.2 Å². The average molecular weight is 460 g/mol. The molecule has 1 aliphatic rings. The Balaban J connectivity index is 1.44. The lowest BCUT2D eigenvalue weighted by Crippen LogP contribution is -2.49. The molecule has 0 bridgehead atoms. The van der Waals surface area contributed by atoms with Crippen LogP contribution in [0.25, 0.3) is 10.8 Å². The molecule has 0 radical (unpaired) electrons. The molecule has 0 unspecified atom stereocenters. The fraction of sp³-hybridized carbons (Fsp3) is 0.294. The lowest BCUT2D eigenvalue weighted by Gasteiger charge is -2.33. The van der Waals surface area contributed by atoms with Crippen molar-refractivity contribution in [3.63, 3.8) is 0 Å². The van der Waals surface area contributed by atoms with Crippen molar-refractivity contribution in [3.8, 4) is 10.8 Å². The molecule has 160 valence electrons. The number of hydrogen-bond donors (Lipinski definition) is 0. The lowest BCUT2D eigenvalue weighted by molar-refractivity contribution is 0.141. The summed E-state index contributed by atoms with van der Waals surface area (Å²) in [6.45, 7) is 0.480. The first-order chi connectivity index (χ1) is 14.3. The average Bonchev–Trinajstić information content (AvgIpc) is 3.37. The van der Waals surface area contributed by atoms with Gasteiger partial charge in [0.05, 0.1) is 4.88 Å². The van der Waals surface area contributed by atoms with E-state index < -0.39 is 38.1 Å². The van der Waals surface area contributed by atoms with E-state index >= 15 is 0 Å². The van der Waals surface area contributed by atoms with Crippen molar-refractivity contribution in [1.82, 2.24) is 19.0 Å². The van der Waals surface area contributed by atoms with Gasteiger partial charge in [0.15, 0.2) is 17.5 Å². The van der Waals surface area contributed by atoms with Crippen LogP contribution in [0.4, 0.5) is 13.2 Å². The molecular weight excluding hydrogens is 445 g/mol. The second-order valence-electron chi connectivity index (χ2n) is 6.49. The van der Waals surface area contributed by atoms with Crippen molar-refractivity contribution in [2.24, 2.45) is 0 Å². The fourth-order valence-corrected chi connectivity index (χ4v) is 5.17. The van der Waals surface area contributed by atoms with E-state index in [4.69, 9.17) is 4.42 Å². The van der Waals surface area contributed by atoms with Gasteiger partial charge in [-0.1, -0.05) is 6.07 Å². The minimum Gasteiger partial charge on any atom is -0.387 e. The van der Waals surface area contributed by atoms with Crippen LogP contribution in [0.2, 0.25) is 0 Å². The second-order valence-corrected chi connectivity index (χ2v) is 9.34. The van der Waals surface area contributed by atoms with E-state index in [1.54, 1.807) is 17.0 Å². The van der Waals surface area contributed by atoms with Crippen LogP contribution in [-0.2, 0) is 16.7 Å². The van der Waals surface area contributed by atoms with E-state index in [0.29, 0.717) is 17.0 Å². The third kappa shape index (κ3) is 3.80. The summed E-state index contributed by atoms with van der Waals surface area (Å²) >= 11 is 1.37. The Morgan fingerprint density at radius 2 is 1.80 bits per heavy atom. The molecule has 1 fully saturated rings. The number of nitrogens with zero attached hydrogens (tertiary/aromatic N) is 4. The van der Waals surface area contributed by atoms with Crippen molar-refractivity contribution >= 4 is 21.4 Å². The molecule has 2 aromatic heterocycles. The molecule has 0 amide bonds. The van der Waals surface area contributed by atoms with Gasteiger partial charge >= 0.3 is 5.76 Å². The van der Waals surface area contributed by atoms with E-state index in [1.807, 2.05) is 5.38 Å². The zero-order valence-corrected chi connectivity index (χ0v) is 16.9. The minimum atomic E-state index is -4.34. The number of sulfonamides is 1. The molecule has 4 rings (SSSR count). The molecule has 0 aliphatic carbocycles. The molecule has 0 saturated carbocycles. The molecule has 1 saturated heterocycles. The molecule has 0 N–H and O–H groups in total. The summed E-state index contributed by atoms with van der Waals surface area (Å²) < 4.78 is 73.0. The highest BCUT2D eigenvalue weighted by atomic mass is 32.2. The second kappa shape index (κ2) is 7.98. The fourth-order valence-electron chi connectivity index (χ4n) is 3.04. The van der Waals surface area contributed by atoms with Gasteiger partial charge in [-0.25, -0.2) is 26.4 Å². The smallest absolute Gasteiger partial charge is 0.387 e. The molecule has 3 aromatic rings. The highest BCUT2D eigenvalue weighted by Crippen LogP contribution is 2.24. The number of benzene rings is 1. The molecule has 1 aromatic carbocycles. The lowest BCUT2D eigenvalue weighted by atomic mass is 10.3. The molecule has 0 atom stereocenters. The Bertz CT molecular complexity index is 1220. The Labute approximate surface area is 172 Å². The Morgan fingerprint density at radius 1 is 1.07 bits per heavy atom. The van der Waals surface area contributed by atoms with Gasteiger partial charge in [0.2, 0.25) is 10.0 Å². The predicted octanol–water partition coefficient (Wildman–Crippen LogP) is 1.95. The summed E-state index contributed by atoms with van der Waals surface area (Å²) in [5.74, 6) is -5.48. The van der Waals surface area contributed by atoms with Crippen LogP contribution in [0, 0.1) is 17.5 Å². The van der Waals surface area contributed by atoms with Gasteiger partial charge in [-0.15, -0.1) is 16.4 Å². The maximum atomic E-state index is 14.0. The van der Waals surface area contributed by atoms with Crippen LogP contribution in [0.1, 0.15) is 0 Å². The van der Waals surface area contributed by atoms with E-state index in [9.17, 15) is 26.4 Å². The molecule has 13 heteroatoms. The van der Waals surface area contributed by atoms with Gasteiger partial charge in [-0.05, 0) is 23.6 Å². The van der Waals surface area contributed by atoms with Crippen LogP contribution in [-0.4, -0.2) is 53.6 Å². The van der Waals surface area contributed by atoms with Gasteiger partial charge in [0.25, 0.3) is 5.89 Å². The van der Waals surface area contributed by atoms with E-state index in [1.165, 1.54) is 11.3 Å². The van der Waals surface area contributed by atoms with Crippen molar-refractivity contribution in [2.75, 3.05) is 26.2 Å². The maximum Gasteiger partial charge on any atom is 0.438 e. The van der Waals surface area contributed by atoms with E-state index in [0.717, 1.165) is 8.99 Å². The third-order valence-electron chi connectivity index (χ3n) is 4.62. The monoisotopic (exact) mass is 460 g/mol. The van der Waals surface area contributed by atoms with Gasteiger partial charge in [-0.3, -0.25) is 4.90 Å². The largest absolute Gasteiger partial charge is 0.438 e. The summed E-state index contributed by atoms with van der Waals surface area (Å²) in [4.78, 5) is 13.6. The van der Waals surface area contributed by atoms with Gasteiger partial charge < -0.3 is 4.42 Å². The topological polar surface area (TPSA) is 88.7 Å². The van der Waals surface area contributed by atoms with E-state index in [-0.39, 0.29) is 38.7 Å². The zero-order valence-electron chi connectivity index (χ0n) is 15.3. The normalized spacial score (nSPS) is 16.2. The first kappa shape index (κ1) is 20.8. The minimum absolute atomic E-state index is 0.0227. The summed E-state index contributed by atoms with van der Waals surface area (Å²) in [6, 6.07) is 4.84. The van der Waals surface area contributed by atoms with Crippen molar-refractivity contribution in [1.29, 1.82) is 0 Å². The molecule has 1 aliphatic heterocycles. The SMILES string of the molecule is O=c1oc(-c2cccs2)nn1CN1CCN(S(=O)(=O)c2ccc(F)c(F)c2F)CC1. The van der Waals surface area contributed by atoms with Crippen LogP contribution >= 0.6 is 11.3 Å². The van der Waals surface area contributed by atoms with Crippen molar-refractivity contribution in [2.45, 2.75) is 11.6 Å². The predicted molar refractivity (Wildman–Crippen MR) is 101 cm³/mol. The summed E-state index contributed by atoms with van der Waals surface area (Å²) in [6.07, 6.45) is 0. The molecule has 0 spiro atoms. The number of piperazine rings is 1. The maximum absolute atomic E-state index is 14.0.